The molecular weight excluding hydrogens is 321 g/mol. The molecule has 1 rings (SSSR count). The number of nitrogens with zero attached hydrogens (tertiary/aromatic N) is 1. The maximum absolute atomic E-state index is 13.0. The van der Waals surface area contributed by atoms with Crippen LogP contribution in [0.15, 0.2) is 24.3 Å². The summed E-state index contributed by atoms with van der Waals surface area (Å²) in [5, 5.41) is 5.63. The molecule has 6 heteroatoms. The highest BCUT2D eigenvalue weighted by atomic mass is 19.1. The van der Waals surface area contributed by atoms with Crippen LogP contribution < -0.4 is 10.6 Å². The van der Waals surface area contributed by atoms with E-state index in [0.29, 0.717) is 12.1 Å². The first-order valence-corrected chi connectivity index (χ1v) is 8.95. The maximum Gasteiger partial charge on any atom is 0.251 e. The molecule has 25 heavy (non-hydrogen) atoms. The Morgan fingerprint density at radius 1 is 1.12 bits per heavy atom. The van der Waals surface area contributed by atoms with Gasteiger partial charge in [0.2, 0.25) is 5.91 Å². The van der Waals surface area contributed by atoms with Gasteiger partial charge in [0.15, 0.2) is 0 Å². The molecule has 2 N–H and O–H groups in total. The second-order valence-electron chi connectivity index (χ2n) is 6.37. The van der Waals surface area contributed by atoms with Crippen molar-refractivity contribution in [2.45, 2.75) is 40.2 Å². The summed E-state index contributed by atoms with van der Waals surface area (Å²) in [6.45, 7) is 11.5. The van der Waals surface area contributed by atoms with Crippen LogP contribution in [0.3, 0.4) is 0 Å². The van der Waals surface area contributed by atoms with Crippen LogP contribution in [-0.4, -0.2) is 48.9 Å². The molecule has 0 saturated heterocycles. The van der Waals surface area contributed by atoms with E-state index in [2.05, 4.69) is 29.4 Å². The van der Waals surface area contributed by atoms with Crippen LogP contribution >= 0.6 is 0 Å². The molecule has 0 saturated carbocycles. The van der Waals surface area contributed by atoms with E-state index in [9.17, 15) is 14.0 Å². The molecular formula is C19H30FN3O2. The van der Waals surface area contributed by atoms with Crippen molar-refractivity contribution in [3.05, 3.63) is 35.6 Å². The van der Waals surface area contributed by atoms with E-state index in [0.717, 1.165) is 26.1 Å². The van der Waals surface area contributed by atoms with E-state index < -0.39 is 11.9 Å². The summed E-state index contributed by atoms with van der Waals surface area (Å²) in [7, 11) is 0. The Balaban J connectivity index is 2.53. The standard InChI is InChI=1S/C19H30FN3O2/c1-5-23(6-2)13-7-12-21-19(25)17(14(3)4)22-18(24)15-8-10-16(20)11-9-15/h8-11,14,17H,5-7,12-13H2,1-4H3,(H,21,25)(H,22,24). The zero-order valence-electron chi connectivity index (χ0n) is 15.6. The average Bonchev–Trinajstić information content (AvgIpc) is 2.59. The third-order valence-electron chi connectivity index (χ3n) is 4.19. The molecule has 0 aliphatic rings. The average molecular weight is 351 g/mol. The normalized spacial score (nSPS) is 12.3. The van der Waals surface area contributed by atoms with E-state index in [1.807, 2.05) is 13.8 Å². The van der Waals surface area contributed by atoms with Crippen LogP contribution in [0.4, 0.5) is 4.39 Å². The topological polar surface area (TPSA) is 61.4 Å². The van der Waals surface area contributed by atoms with Crippen LogP contribution in [0.5, 0.6) is 0 Å². The zero-order chi connectivity index (χ0) is 18.8. The molecule has 5 nitrogen and oxygen atoms in total. The highest BCUT2D eigenvalue weighted by molar-refractivity contribution is 5.97. The first kappa shape index (κ1) is 21.1. The fourth-order valence-corrected chi connectivity index (χ4v) is 2.52. The summed E-state index contributed by atoms with van der Waals surface area (Å²) in [4.78, 5) is 26.9. The van der Waals surface area contributed by atoms with Gasteiger partial charge in [-0.2, -0.15) is 0 Å². The molecule has 0 aliphatic heterocycles. The third kappa shape index (κ3) is 7.22. The van der Waals surface area contributed by atoms with E-state index in [1.54, 1.807) is 0 Å². The summed E-state index contributed by atoms with van der Waals surface area (Å²) in [6, 6.07) is 4.65. The van der Waals surface area contributed by atoms with Crippen molar-refractivity contribution in [3.63, 3.8) is 0 Å². The Labute approximate surface area is 150 Å². The predicted octanol–water partition coefficient (Wildman–Crippen LogP) is 2.43. The van der Waals surface area contributed by atoms with Crippen LogP contribution in [-0.2, 0) is 4.79 Å². The van der Waals surface area contributed by atoms with Crippen molar-refractivity contribution in [2.24, 2.45) is 5.92 Å². The summed E-state index contributed by atoms with van der Waals surface area (Å²) in [6.07, 6.45) is 0.865. The van der Waals surface area contributed by atoms with Crippen LogP contribution in [0, 0.1) is 11.7 Å². The van der Waals surface area contributed by atoms with Gasteiger partial charge in [-0.15, -0.1) is 0 Å². The Kier molecular flexibility index (Phi) is 9.13. The monoisotopic (exact) mass is 351 g/mol. The van der Waals surface area contributed by atoms with Gasteiger partial charge in [-0.3, -0.25) is 9.59 Å². The van der Waals surface area contributed by atoms with Gasteiger partial charge in [0, 0.05) is 12.1 Å². The first-order valence-electron chi connectivity index (χ1n) is 8.95. The van der Waals surface area contributed by atoms with Gasteiger partial charge < -0.3 is 15.5 Å². The second kappa shape index (κ2) is 10.8. The van der Waals surface area contributed by atoms with Crippen LogP contribution in [0.25, 0.3) is 0 Å². The van der Waals surface area contributed by atoms with Crippen LogP contribution in [0.1, 0.15) is 44.5 Å². The number of nitrogens with one attached hydrogen (secondary N) is 2. The molecule has 0 aliphatic carbocycles. The fraction of sp³-hybridized carbons (Fsp3) is 0.579. The minimum atomic E-state index is -0.619. The van der Waals surface area contributed by atoms with Gasteiger partial charge in [-0.25, -0.2) is 4.39 Å². The first-order chi connectivity index (χ1) is 11.9. The Bertz CT molecular complexity index is 542. The smallest absolute Gasteiger partial charge is 0.251 e. The van der Waals surface area contributed by atoms with Crippen molar-refractivity contribution in [1.29, 1.82) is 0 Å². The number of rotatable bonds is 10. The largest absolute Gasteiger partial charge is 0.354 e. The molecule has 0 radical (unpaired) electrons. The maximum atomic E-state index is 13.0. The molecule has 140 valence electrons. The fourth-order valence-electron chi connectivity index (χ4n) is 2.52. The minimum Gasteiger partial charge on any atom is -0.354 e. The van der Waals surface area contributed by atoms with E-state index in [1.165, 1.54) is 24.3 Å². The van der Waals surface area contributed by atoms with E-state index >= 15 is 0 Å². The molecule has 0 spiro atoms. The van der Waals surface area contributed by atoms with Crippen molar-refractivity contribution in [1.82, 2.24) is 15.5 Å². The Morgan fingerprint density at radius 2 is 1.72 bits per heavy atom. The van der Waals surface area contributed by atoms with Gasteiger partial charge in [-0.05, 0) is 56.2 Å². The second-order valence-corrected chi connectivity index (χ2v) is 6.37. The number of carbonyl (C=O) groups is 2. The molecule has 0 aromatic heterocycles. The lowest BCUT2D eigenvalue weighted by Crippen LogP contribution is -2.50. The van der Waals surface area contributed by atoms with Crippen molar-refractivity contribution in [3.8, 4) is 0 Å². The zero-order valence-corrected chi connectivity index (χ0v) is 15.6. The van der Waals surface area contributed by atoms with Crippen molar-refractivity contribution in [2.75, 3.05) is 26.2 Å². The highest BCUT2D eigenvalue weighted by Gasteiger charge is 2.24. The van der Waals surface area contributed by atoms with E-state index in [4.69, 9.17) is 0 Å². The molecule has 0 bridgehead atoms. The number of hydrogen-bond donors (Lipinski definition) is 2. The van der Waals surface area contributed by atoms with E-state index in [-0.39, 0.29) is 17.7 Å². The van der Waals surface area contributed by atoms with Crippen molar-refractivity contribution >= 4 is 11.8 Å². The SMILES string of the molecule is CCN(CC)CCCNC(=O)C(NC(=O)c1ccc(F)cc1)C(C)C. The van der Waals surface area contributed by atoms with Gasteiger partial charge in [0.25, 0.3) is 5.91 Å². The van der Waals surface area contributed by atoms with Gasteiger partial charge in [0.05, 0.1) is 0 Å². The minimum absolute atomic E-state index is 0.0489. The lowest BCUT2D eigenvalue weighted by atomic mass is 10.0. The summed E-state index contributed by atoms with van der Waals surface area (Å²) in [5.41, 5.74) is 0.335. The number of benzene rings is 1. The van der Waals surface area contributed by atoms with Gasteiger partial charge >= 0.3 is 0 Å². The molecule has 2 amide bonds. The van der Waals surface area contributed by atoms with Crippen LogP contribution in [0.2, 0.25) is 0 Å². The number of amides is 2. The summed E-state index contributed by atoms with van der Waals surface area (Å²) < 4.78 is 13.0. The van der Waals surface area contributed by atoms with Gasteiger partial charge in [-0.1, -0.05) is 27.7 Å². The predicted molar refractivity (Wildman–Crippen MR) is 97.9 cm³/mol. The third-order valence-corrected chi connectivity index (χ3v) is 4.19. The molecule has 1 atom stereocenters. The summed E-state index contributed by atoms with van der Waals surface area (Å²) in [5.74, 6) is -1.02. The summed E-state index contributed by atoms with van der Waals surface area (Å²) >= 11 is 0. The molecule has 0 heterocycles. The molecule has 1 unspecified atom stereocenters. The van der Waals surface area contributed by atoms with Gasteiger partial charge in [0.1, 0.15) is 11.9 Å². The quantitative estimate of drug-likeness (QED) is 0.637. The number of carbonyl (C=O) groups excluding carboxylic acids is 2. The molecule has 1 aromatic carbocycles. The molecule has 0 fully saturated rings. The number of hydrogen-bond acceptors (Lipinski definition) is 3. The molecule has 1 aromatic rings. The van der Waals surface area contributed by atoms with Crippen molar-refractivity contribution < 1.29 is 14.0 Å². The Morgan fingerprint density at radius 3 is 2.24 bits per heavy atom. The lowest BCUT2D eigenvalue weighted by molar-refractivity contribution is -0.123. The Hall–Kier alpha value is -1.95. The lowest BCUT2D eigenvalue weighted by Gasteiger charge is -2.22. The highest BCUT2D eigenvalue weighted by Crippen LogP contribution is 2.07. The number of halogens is 1.